The SMILES string of the molecule is Nc1c(Br)cc(C(=O)OCCCCCCl)cc1CNCCCC1CCCCC1. The van der Waals surface area contributed by atoms with Gasteiger partial charge in [-0.3, -0.25) is 0 Å². The molecule has 1 fully saturated rings. The van der Waals surface area contributed by atoms with Gasteiger partial charge < -0.3 is 15.8 Å². The molecule has 0 saturated heterocycles. The Balaban J connectivity index is 1.77. The zero-order valence-corrected chi connectivity index (χ0v) is 19.1. The van der Waals surface area contributed by atoms with E-state index in [1.165, 1.54) is 44.9 Å². The smallest absolute Gasteiger partial charge is 0.338 e. The molecule has 0 aromatic heterocycles. The summed E-state index contributed by atoms with van der Waals surface area (Å²) in [7, 11) is 0. The molecule has 0 heterocycles. The average molecular weight is 474 g/mol. The number of benzene rings is 1. The van der Waals surface area contributed by atoms with E-state index in [2.05, 4.69) is 21.2 Å². The summed E-state index contributed by atoms with van der Waals surface area (Å²) in [6.07, 6.45) is 12.3. The molecular formula is C22H34BrClN2O2. The summed E-state index contributed by atoms with van der Waals surface area (Å²) in [6.45, 7) is 2.06. The summed E-state index contributed by atoms with van der Waals surface area (Å²) >= 11 is 9.13. The Morgan fingerprint density at radius 3 is 2.71 bits per heavy atom. The Hall–Kier alpha value is -0.780. The minimum Gasteiger partial charge on any atom is -0.462 e. The van der Waals surface area contributed by atoms with Crippen molar-refractivity contribution in [3.63, 3.8) is 0 Å². The van der Waals surface area contributed by atoms with Gasteiger partial charge in [0.2, 0.25) is 0 Å². The number of nitrogens with one attached hydrogen (secondary N) is 1. The zero-order valence-electron chi connectivity index (χ0n) is 16.8. The van der Waals surface area contributed by atoms with E-state index in [4.69, 9.17) is 22.1 Å². The van der Waals surface area contributed by atoms with E-state index in [9.17, 15) is 4.79 Å². The van der Waals surface area contributed by atoms with Crippen LogP contribution in [-0.4, -0.2) is 25.0 Å². The van der Waals surface area contributed by atoms with Crippen LogP contribution in [-0.2, 0) is 11.3 Å². The van der Waals surface area contributed by atoms with Crippen molar-refractivity contribution in [2.75, 3.05) is 24.8 Å². The molecule has 1 aromatic rings. The number of esters is 1. The maximum atomic E-state index is 12.3. The molecule has 28 heavy (non-hydrogen) atoms. The van der Waals surface area contributed by atoms with E-state index in [0.29, 0.717) is 30.3 Å². The standard InChI is InChI=1S/C22H34BrClN2O2/c23-20-15-18(22(27)28-13-6-2-5-11-24)14-19(21(20)25)16-26-12-7-10-17-8-3-1-4-9-17/h14-15,17,26H,1-13,16,25H2. The third-order valence-corrected chi connectivity index (χ3v) is 6.39. The summed E-state index contributed by atoms with van der Waals surface area (Å²) in [4.78, 5) is 12.3. The molecule has 3 N–H and O–H groups in total. The molecule has 1 saturated carbocycles. The van der Waals surface area contributed by atoms with Crippen LogP contribution < -0.4 is 11.1 Å². The molecule has 6 heteroatoms. The maximum absolute atomic E-state index is 12.3. The molecule has 1 aromatic carbocycles. The molecule has 1 aliphatic rings. The second-order valence-corrected chi connectivity index (χ2v) is 8.97. The highest BCUT2D eigenvalue weighted by molar-refractivity contribution is 9.10. The number of nitrogens with two attached hydrogens (primary N) is 1. The second-order valence-electron chi connectivity index (χ2n) is 7.74. The van der Waals surface area contributed by atoms with Gasteiger partial charge in [0, 0.05) is 16.9 Å². The number of hydrogen-bond donors (Lipinski definition) is 2. The topological polar surface area (TPSA) is 64.4 Å². The van der Waals surface area contributed by atoms with Crippen LogP contribution in [0.15, 0.2) is 16.6 Å². The molecular weight excluding hydrogens is 440 g/mol. The van der Waals surface area contributed by atoms with Crippen LogP contribution in [0.3, 0.4) is 0 Å². The number of unbranched alkanes of at least 4 members (excludes halogenated alkanes) is 2. The molecule has 0 radical (unpaired) electrons. The van der Waals surface area contributed by atoms with Crippen molar-refractivity contribution >= 4 is 39.2 Å². The summed E-state index contributed by atoms with van der Waals surface area (Å²) in [5.74, 6) is 1.26. The first kappa shape index (κ1) is 23.5. The Kier molecular flexibility index (Phi) is 11.3. The van der Waals surface area contributed by atoms with Crippen LogP contribution >= 0.6 is 27.5 Å². The summed E-state index contributed by atoms with van der Waals surface area (Å²) in [5.41, 5.74) is 8.34. The molecule has 0 atom stereocenters. The third-order valence-electron chi connectivity index (χ3n) is 5.47. The normalized spacial score (nSPS) is 14.9. The number of rotatable bonds is 12. The molecule has 0 unspecified atom stereocenters. The lowest BCUT2D eigenvalue weighted by Gasteiger charge is -2.21. The van der Waals surface area contributed by atoms with Gasteiger partial charge in [0.15, 0.2) is 0 Å². The fourth-order valence-electron chi connectivity index (χ4n) is 3.78. The van der Waals surface area contributed by atoms with Crippen LogP contribution in [0.25, 0.3) is 0 Å². The molecule has 0 bridgehead atoms. The Bertz CT molecular complexity index is 606. The van der Waals surface area contributed by atoms with E-state index in [1.54, 1.807) is 6.07 Å². The van der Waals surface area contributed by atoms with Crippen LogP contribution in [0.2, 0.25) is 0 Å². The zero-order chi connectivity index (χ0) is 20.2. The van der Waals surface area contributed by atoms with Gasteiger partial charge in [0.1, 0.15) is 0 Å². The lowest BCUT2D eigenvalue weighted by Crippen LogP contribution is -2.18. The van der Waals surface area contributed by atoms with Crippen molar-refractivity contribution in [2.24, 2.45) is 5.92 Å². The first-order valence-corrected chi connectivity index (χ1v) is 12.0. The van der Waals surface area contributed by atoms with Crippen LogP contribution in [0.5, 0.6) is 0 Å². The first-order chi connectivity index (χ1) is 13.6. The van der Waals surface area contributed by atoms with E-state index in [1.807, 2.05) is 6.07 Å². The third kappa shape index (κ3) is 8.30. The van der Waals surface area contributed by atoms with Crippen molar-refractivity contribution in [1.29, 1.82) is 0 Å². The van der Waals surface area contributed by atoms with Crippen LogP contribution in [0, 0.1) is 5.92 Å². The highest BCUT2D eigenvalue weighted by Gasteiger charge is 2.14. The number of carbonyl (C=O) groups excluding carboxylic acids is 1. The minimum absolute atomic E-state index is 0.301. The lowest BCUT2D eigenvalue weighted by atomic mass is 9.86. The molecule has 158 valence electrons. The van der Waals surface area contributed by atoms with Gasteiger partial charge in [-0.2, -0.15) is 0 Å². The number of ether oxygens (including phenoxy) is 1. The summed E-state index contributed by atoms with van der Waals surface area (Å²) in [5, 5.41) is 3.48. The number of nitrogen functional groups attached to an aromatic ring is 1. The molecule has 4 nitrogen and oxygen atoms in total. The number of hydrogen-bond acceptors (Lipinski definition) is 4. The number of anilines is 1. The van der Waals surface area contributed by atoms with Crippen LogP contribution in [0.1, 0.15) is 80.1 Å². The molecule has 2 rings (SSSR count). The van der Waals surface area contributed by atoms with Crippen LogP contribution in [0.4, 0.5) is 5.69 Å². The van der Waals surface area contributed by atoms with Crippen molar-refractivity contribution < 1.29 is 9.53 Å². The summed E-state index contributed by atoms with van der Waals surface area (Å²) < 4.78 is 6.11. The quantitative estimate of drug-likeness (QED) is 0.168. The highest BCUT2D eigenvalue weighted by Crippen LogP contribution is 2.28. The number of halogens is 2. The van der Waals surface area contributed by atoms with Crippen molar-refractivity contribution in [2.45, 2.75) is 70.8 Å². The molecule has 1 aliphatic carbocycles. The predicted molar refractivity (Wildman–Crippen MR) is 121 cm³/mol. The minimum atomic E-state index is -0.301. The van der Waals surface area contributed by atoms with Gasteiger partial charge in [0.05, 0.1) is 17.9 Å². The number of alkyl halides is 1. The highest BCUT2D eigenvalue weighted by atomic mass is 79.9. The lowest BCUT2D eigenvalue weighted by molar-refractivity contribution is 0.0498. The van der Waals surface area contributed by atoms with Gasteiger partial charge in [-0.05, 0) is 78.2 Å². The molecule has 0 amide bonds. The fourth-order valence-corrected chi connectivity index (χ4v) is 4.47. The average Bonchev–Trinajstić information content (AvgIpc) is 2.71. The Morgan fingerprint density at radius 1 is 1.18 bits per heavy atom. The van der Waals surface area contributed by atoms with E-state index >= 15 is 0 Å². The van der Waals surface area contributed by atoms with Crippen molar-refractivity contribution in [3.8, 4) is 0 Å². The largest absolute Gasteiger partial charge is 0.462 e. The van der Waals surface area contributed by atoms with Gasteiger partial charge in [0.25, 0.3) is 0 Å². The van der Waals surface area contributed by atoms with Gasteiger partial charge in [-0.25, -0.2) is 4.79 Å². The first-order valence-electron chi connectivity index (χ1n) is 10.6. The maximum Gasteiger partial charge on any atom is 0.338 e. The second kappa shape index (κ2) is 13.4. The Morgan fingerprint density at radius 2 is 1.96 bits per heavy atom. The number of carbonyl (C=O) groups is 1. The van der Waals surface area contributed by atoms with Crippen molar-refractivity contribution in [1.82, 2.24) is 5.32 Å². The molecule has 0 aliphatic heterocycles. The van der Waals surface area contributed by atoms with E-state index < -0.39 is 0 Å². The van der Waals surface area contributed by atoms with E-state index in [-0.39, 0.29) is 5.97 Å². The monoisotopic (exact) mass is 472 g/mol. The fraction of sp³-hybridized carbons (Fsp3) is 0.682. The van der Waals surface area contributed by atoms with Crippen molar-refractivity contribution in [3.05, 3.63) is 27.7 Å². The predicted octanol–water partition coefficient (Wildman–Crippen LogP) is 6.05. The summed E-state index contributed by atoms with van der Waals surface area (Å²) in [6, 6.07) is 3.58. The van der Waals surface area contributed by atoms with Gasteiger partial charge in [-0.15, -0.1) is 11.6 Å². The van der Waals surface area contributed by atoms with Gasteiger partial charge >= 0.3 is 5.97 Å². The van der Waals surface area contributed by atoms with Gasteiger partial charge in [-0.1, -0.05) is 32.1 Å². The van der Waals surface area contributed by atoms with E-state index in [0.717, 1.165) is 41.8 Å². The Labute approximate surface area is 183 Å². The molecule has 0 spiro atoms.